The van der Waals surface area contributed by atoms with E-state index in [1.165, 1.54) is 22.9 Å². The zero-order valence-corrected chi connectivity index (χ0v) is 6.73. The van der Waals surface area contributed by atoms with Crippen LogP contribution >= 0.6 is 0 Å². The maximum atomic E-state index is 11.3. The van der Waals surface area contributed by atoms with Gasteiger partial charge in [0.2, 0.25) is 0 Å². The molecular weight excluding hydrogens is 170 g/mol. The van der Waals surface area contributed by atoms with Gasteiger partial charge in [-0.3, -0.25) is 4.79 Å². The molecule has 0 spiro atoms. The van der Waals surface area contributed by atoms with E-state index in [4.69, 9.17) is 11.5 Å². The fraction of sp³-hybridized carbons (Fsp3) is 0.111. The highest BCUT2D eigenvalue weighted by atomic mass is 16.4. The van der Waals surface area contributed by atoms with Crippen LogP contribution in [0.3, 0.4) is 0 Å². The topological polar surface area (TPSA) is 59.3 Å². The Morgan fingerprint density at radius 1 is 1.69 bits per heavy atom. The molecule has 0 atom stereocenters. The molecule has 0 amide bonds. The minimum absolute atomic E-state index is 0.0833. The van der Waals surface area contributed by atoms with Gasteiger partial charge in [-0.2, -0.15) is 0 Å². The van der Waals surface area contributed by atoms with Crippen molar-refractivity contribution in [2.45, 2.75) is 6.54 Å². The molecule has 1 rings (SSSR count). The van der Waals surface area contributed by atoms with Gasteiger partial charge >= 0.3 is 5.97 Å². The Kier molecular flexibility index (Phi) is 2.50. The zero-order chi connectivity index (χ0) is 9.84. The number of aromatic carboxylic acids is 1. The van der Waals surface area contributed by atoms with Gasteiger partial charge in [0, 0.05) is 6.20 Å². The van der Waals surface area contributed by atoms with Crippen LogP contribution in [-0.4, -0.2) is 15.6 Å². The van der Waals surface area contributed by atoms with Crippen molar-refractivity contribution < 1.29 is 9.90 Å². The first-order valence-corrected chi connectivity index (χ1v) is 3.53. The monoisotopic (exact) mass is 177 g/mol. The summed E-state index contributed by atoms with van der Waals surface area (Å²) in [6.07, 6.45) is 6.45. The third-order valence-corrected chi connectivity index (χ3v) is 1.51. The van der Waals surface area contributed by atoms with Gasteiger partial charge < -0.3 is 9.67 Å². The van der Waals surface area contributed by atoms with Gasteiger partial charge in [-0.1, -0.05) is 5.92 Å². The Labute approximate surface area is 74.4 Å². The van der Waals surface area contributed by atoms with E-state index in [2.05, 4.69) is 5.92 Å². The SMILES string of the molecule is C#CCn1cccc(C(=O)O)c1=O. The summed E-state index contributed by atoms with van der Waals surface area (Å²) < 4.78 is 1.17. The lowest BCUT2D eigenvalue weighted by atomic mass is 10.3. The molecule has 4 heteroatoms. The smallest absolute Gasteiger partial charge is 0.341 e. The number of aromatic nitrogens is 1. The Bertz CT molecular complexity index is 425. The van der Waals surface area contributed by atoms with Crippen molar-refractivity contribution in [2.75, 3.05) is 0 Å². The van der Waals surface area contributed by atoms with Crippen molar-refractivity contribution in [3.05, 3.63) is 34.2 Å². The molecule has 1 N–H and O–H groups in total. The molecule has 0 unspecified atom stereocenters. The second-order valence-corrected chi connectivity index (χ2v) is 2.36. The summed E-state index contributed by atoms with van der Waals surface area (Å²) in [5.74, 6) is 1.02. The highest BCUT2D eigenvalue weighted by molar-refractivity contribution is 5.86. The molecule has 0 aromatic carbocycles. The van der Waals surface area contributed by atoms with E-state index in [0.717, 1.165) is 0 Å². The lowest BCUT2D eigenvalue weighted by Crippen LogP contribution is -2.25. The van der Waals surface area contributed by atoms with Crippen LogP contribution in [0.1, 0.15) is 10.4 Å². The molecule has 13 heavy (non-hydrogen) atoms. The highest BCUT2D eigenvalue weighted by Crippen LogP contribution is 1.91. The van der Waals surface area contributed by atoms with Crippen LogP contribution in [0.2, 0.25) is 0 Å². The predicted molar refractivity (Wildman–Crippen MR) is 46.5 cm³/mol. The quantitative estimate of drug-likeness (QED) is 0.655. The van der Waals surface area contributed by atoms with Crippen molar-refractivity contribution in [3.63, 3.8) is 0 Å². The second kappa shape index (κ2) is 3.59. The standard InChI is InChI=1S/C9H7NO3/c1-2-5-10-6-3-4-7(8(10)11)9(12)13/h1,3-4,6H,5H2,(H,12,13). The molecule has 1 aromatic rings. The van der Waals surface area contributed by atoms with Crippen LogP contribution in [0.25, 0.3) is 0 Å². The van der Waals surface area contributed by atoms with Crippen molar-refractivity contribution in [3.8, 4) is 12.3 Å². The van der Waals surface area contributed by atoms with E-state index in [-0.39, 0.29) is 12.1 Å². The third kappa shape index (κ3) is 1.76. The van der Waals surface area contributed by atoms with Crippen LogP contribution in [-0.2, 0) is 6.54 Å². The average Bonchev–Trinajstić information content (AvgIpc) is 2.08. The summed E-state index contributed by atoms with van der Waals surface area (Å²) in [4.78, 5) is 21.8. The molecule has 0 bridgehead atoms. The summed E-state index contributed by atoms with van der Waals surface area (Å²) >= 11 is 0. The Balaban J connectivity index is 3.29. The molecule has 0 aliphatic heterocycles. The van der Waals surface area contributed by atoms with E-state index < -0.39 is 11.5 Å². The number of terminal acetylenes is 1. The van der Waals surface area contributed by atoms with Gasteiger partial charge in [-0.25, -0.2) is 4.79 Å². The number of rotatable bonds is 2. The molecule has 4 nitrogen and oxygen atoms in total. The molecule has 0 radical (unpaired) electrons. The van der Waals surface area contributed by atoms with Gasteiger partial charge in [0.15, 0.2) is 0 Å². The minimum atomic E-state index is -1.24. The van der Waals surface area contributed by atoms with Gasteiger partial charge in [-0.15, -0.1) is 6.42 Å². The number of carbonyl (C=O) groups is 1. The first-order chi connectivity index (χ1) is 6.16. The fourth-order valence-electron chi connectivity index (χ4n) is 0.922. The summed E-state index contributed by atoms with van der Waals surface area (Å²) in [6, 6.07) is 2.72. The van der Waals surface area contributed by atoms with Crippen LogP contribution in [0.15, 0.2) is 23.1 Å². The highest BCUT2D eigenvalue weighted by Gasteiger charge is 2.08. The maximum Gasteiger partial charge on any atom is 0.341 e. The Morgan fingerprint density at radius 2 is 2.38 bits per heavy atom. The molecule has 0 saturated heterocycles. The molecule has 1 aromatic heterocycles. The zero-order valence-electron chi connectivity index (χ0n) is 6.73. The number of carboxylic acids is 1. The Hall–Kier alpha value is -2.02. The number of hydrogen-bond acceptors (Lipinski definition) is 2. The van der Waals surface area contributed by atoms with Gasteiger partial charge in [0.1, 0.15) is 5.56 Å². The summed E-state index contributed by atoms with van der Waals surface area (Å²) in [5, 5.41) is 8.59. The lowest BCUT2D eigenvalue weighted by molar-refractivity contribution is 0.0694. The predicted octanol–water partition coefficient (Wildman–Crippen LogP) is 0.180. The number of hydrogen-bond donors (Lipinski definition) is 1. The number of nitrogens with zero attached hydrogens (tertiary/aromatic N) is 1. The second-order valence-electron chi connectivity index (χ2n) is 2.36. The first-order valence-electron chi connectivity index (χ1n) is 3.53. The molecule has 1 heterocycles. The van der Waals surface area contributed by atoms with E-state index in [0.29, 0.717) is 0 Å². The summed E-state index contributed by atoms with van der Waals surface area (Å²) in [5.41, 5.74) is -0.842. The largest absolute Gasteiger partial charge is 0.477 e. The lowest BCUT2D eigenvalue weighted by Gasteiger charge is -2.00. The van der Waals surface area contributed by atoms with E-state index in [1.807, 2.05) is 0 Å². The van der Waals surface area contributed by atoms with Gasteiger partial charge in [0.05, 0.1) is 6.54 Å². The molecule has 0 aliphatic rings. The number of pyridine rings is 1. The van der Waals surface area contributed by atoms with Crippen molar-refractivity contribution in [1.82, 2.24) is 4.57 Å². The molecular formula is C9H7NO3. The van der Waals surface area contributed by atoms with E-state index in [9.17, 15) is 9.59 Å². The van der Waals surface area contributed by atoms with Crippen molar-refractivity contribution in [1.29, 1.82) is 0 Å². The van der Waals surface area contributed by atoms with Gasteiger partial charge in [0.25, 0.3) is 5.56 Å². The fourth-order valence-corrected chi connectivity index (χ4v) is 0.922. The Morgan fingerprint density at radius 3 is 2.92 bits per heavy atom. The van der Waals surface area contributed by atoms with Gasteiger partial charge in [-0.05, 0) is 12.1 Å². The maximum absolute atomic E-state index is 11.3. The van der Waals surface area contributed by atoms with Crippen molar-refractivity contribution in [2.24, 2.45) is 0 Å². The summed E-state index contributed by atoms with van der Waals surface area (Å²) in [7, 11) is 0. The first kappa shape index (κ1) is 9.07. The number of carboxylic acid groups (broad SMARTS) is 1. The van der Waals surface area contributed by atoms with Crippen LogP contribution in [0.4, 0.5) is 0 Å². The minimum Gasteiger partial charge on any atom is -0.477 e. The summed E-state index contributed by atoms with van der Waals surface area (Å²) in [6.45, 7) is 0.0833. The third-order valence-electron chi connectivity index (χ3n) is 1.51. The molecule has 66 valence electrons. The van der Waals surface area contributed by atoms with E-state index in [1.54, 1.807) is 0 Å². The van der Waals surface area contributed by atoms with Crippen LogP contribution in [0.5, 0.6) is 0 Å². The molecule has 0 saturated carbocycles. The average molecular weight is 177 g/mol. The normalized spacial score (nSPS) is 9.15. The van der Waals surface area contributed by atoms with Crippen LogP contribution in [0, 0.1) is 12.3 Å². The van der Waals surface area contributed by atoms with Crippen molar-refractivity contribution >= 4 is 5.97 Å². The molecule has 0 aliphatic carbocycles. The van der Waals surface area contributed by atoms with Crippen LogP contribution < -0.4 is 5.56 Å². The molecule has 0 fully saturated rings. The van der Waals surface area contributed by atoms with E-state index >= 15 is 0 Å².